The molecule has 1 aliphatic heterocycles. The van der Waals surface area contributed by atoms with Gasteiger partial charge in [-0.2, -0.15) is 0 Å². The van der Waals surface area contributed by atoms with Crippen molar-refractivity contribution in [3.05, 3.63) is 71.3 Å². The van der Waals surface area contributed by atoms with E-state index in [1.807, 2.05) is 12.1 Å². The molecule has 0 radical (unpaired) electrons. The van der Waals surface area contributed by atoms with Crippen molar-refractivity contribution in [2.45, 2.75) is 24.7 Å². The minimum atomic E-state index is -1.21. The molecule has 0 amide bonds. The maximum absolute atomic E-state index is 10.9. The maximum Gasteiger partial charge on any atom is 0.161 e. The molecule has 0 bridgehead atoms. The Hall–Kier alpha value is -3.70. The summed E-state index contributed by atoms with van der Waals surface area (Å²) in [5.41, 5.74) is 2.16. The minimum absolute atomic E-state index is 0.0164. The Morgan fingerprint density at radius 2 is 1.50 bits per heavy atom. The summed E-state index contributed by atoms with van der Waals surface area (Å²) < 4.78 is 27.9. The van der Waals surface area contributed by atoms with E-state index >= 15 is 0 Å². The average Bonchev–Trinajstić information content (AvgIpc) is 3.38. The van der Waals surface area contributed by atoms with E-state index in [4.69, 9.17) is 23.7 Å². The van der Waals surface area contributed by atoms with Gasteiger partial charge in [0, 0.05) is 12.5 Å². The average molecular weight is 557 g/mol. The number of benzene rings is 3. The van der Waals surface area contributed by atoms with Crippen LogP contribution in [0.4, 0.5) is 0 Å². The van der Waals surface area contributed by atoms with Crippen LogP contribution in [0.1, 0.15) is 28.9 Å². The van der Waals surface area contributed by atoms with Gasteiger partial charge in [-0.25, -0.2) is 0 Å². The molecule has 5 atom stereocenters. The molecule has 1 aliphatic rings. The highest BCUT2D eigenvalue weighted by Gasteiger charge is 2.38. The summed E-state index contributed by atoms with van der Waals surface area (Å²) in [6.07, 6.45) is -1.97. The summed E-state index contributed by atoms with van der Waals surface area (Å²) >= 11 is 0. The van der Waals surface area contributed by atoms with E-state index in [9.17, 15) is 25.5 Å². The second-order valence-electron chi connectivity index (χ2n) is 9.70. The number of aliphatic hydroxyl groups excluding tert-OH is 3. The number of aliphatic hydroxyl groups is 3. The van der Waals surface area contributed by atoms with Gasteiger partial charge in [-0.15, -0.1) is 0 Å². The molecule has 216 valence electrons. The van der Waals surface area contributed by atoms with Crippen molar-refractivity contribution in [1.82, 2.24) is 0 Å². The fourth-order valence-corrected chi connectivity index (χ4v) is 5.09. The molecule has 0 unspecified atom stereocenters. The van der Waals surface area contributed by atoms with Crippen molar-refractivity contribution in [1.29, 1.82) is 0 Å². The first-order valence-electron chi connectivity index (χ1n) is 12.9. The monoisotopic (exact) mass is 556 g/mol. The van der Waals surface area contributed by atoms with Crippen LogP contribution in [0.2, 0.25) is 0 Å². The number of aromatic hydroxyl groups is 2. The van der Waals surface area contributed by atoms with E-state index in [0.29, 0.717) is 35.8 Å². The fourth-order valence-electron chi connectivity index (χ4n) is 5.09. The van der Waals surface area contributed by atoms with Gasteiger partial charge in [0.15, 0.2) is 40.6 Å². The topological polar surface area (TPSA) is 147 Å². The van der Waals surface area contributed by atoms with E-state index in [2.05, 4.69) is 0 Å². The molecule has 3 aromatic carbocycles. The molecule has 1 fully saturated rings. The van der Waals surface area contributed by atoms with Gasteiger partial charge in [0.05, 0.1) is 40.6 Å². The van der Waals surface area contributed by atoms with Crippen LogP contribution in [-0.4, -0.2) is 72.8 Å². The number of ether oxygens (including phenoxy) is 5. The molecule has 0 saturated carbocycles. The van der Waals surface area contributed by atoms with E-state index in [0.717, 1.165) is 11.1 Å². The summed E-state index contributed by atoms with van der Waals surface area (Å²) in [7, 11) is 4.39. The Bertz CT molecular complexity index is 1280. The van der Waals surface area contributed by atoms with Crippen LogP contribution >= 0.6 is 0 Å². The first-order valence-corrected chi connectivity index (χ1v) is 12.9. The van der Waals surface area contributed by atoms with Crippen molar-refractivity contribution < 1.29 is 49.2 Å². The SMILES string of the molecule is COc1cc([C@H]2OC[C@@H](Cc3ccc(O[C@H](CO)[C@@H](O)c4ccc(O)c(OC)c4)c(OC)c3)[C@@H]2CO)ccc1O. The second-order valence-corrected chi connectivity index (χ2v) is 9.70. The number of methoxy groups -OCH3 is 3. The van der Waals surface area contributed by atoms with Crippen molar-refractivity contribution in [2.24, 2.45) is 11.8 Å². The predicted molar refractivity (Wildman–Crippen MR) is 145 cm³/mol. The summed E-state index contributed by atoms with van der Waals surface area (Å²) in [6.45, 7) is -0.111. The molecule has 40 heavy (non-hydrogen) atoms. The lowest BCUT2D eigenvalue weighted by Crippen LogP contribution is -2.29. The van der Waals surface area contributed by atoms with Gasteiger partial charge in [-0.05, 0) is 65.4 Å². The van der Waals surface area contributed by atoms with Crippen LogP contribution in [0.5, 0.6) is 34.5 Å². The molecule has 0 spiro atoms. The number of hydrogen-bond donors (Lipinski definition) is 5. The van der Waals surface area contributed by atoms with Gasteiger partial charge in [-0.3, -0.25) is 0 Å². The summed E-state index contributed by atoms with van der Waals surface area (Å²) in [6, 6.07) is 14.9. The van der Waals surface area contributed by atoms with Crippen LogP contribution in [0.25, 0.3) is 0 Å². The third-order valence-electron chi connectivity index (χ3n) is 7.31. The quantitative estimate of drug-likeness (QED) is 0.225. The highest BCUT2D eigenvalue weighted by atomic mass is 16.5. The Labute approximate surface area is 232 Å². The Balaban J connectivity index is 1.48. The summed E-state index contributed by atoms with van der Waals surface area (Å²) in [5.74, 6) is 1.11. The van der Waals surface area contributed by atoms with Crippen molar-refractivity contribution in [3.8, 4) is 34.5 Å². The zero-order valence-electron chi connectivity index (χ0n) is 22.7. The first kappa shape index (κ1) is 29.3. The smallest absolute Gasteiger partial charge is 0.161 e. The summed E-state index contributed by atoms with van der Waals surface area (Å²) in [4.78, 5) is 0. The van der Waals surface area contributed by atoms with Gasteiger partial charge in [0.25, 0.3) is 0 Å². The van der Waals surface area contributed by atoms with Crippen molar-refractivity contribution in [3.63, 3.8) is 0 Å². The number of phenolic OH excluding ortho intramolecular Hbond substituents is 2. The molecule has 1 saturated heterocycles. The lowest BCUT2D eigenvalue weighted by Gasteiger charge is -2.25. The third-order valence-corrected chi connectivity index (χ3v) is 7.31. The molecule has 10 heteroatoms. The van der Waals surface area contributed by atoms with E-state index in [1.54, 1.807) is 24.3 Å². The van der Waals surface area contributed by atoms with Crippen LogP contribution < -0.4 is 18.9 Å². The Morgan fingerprint density at radius 1 is 0.825 bits per heavy atom. The number of hydrogen-bond acceptors (Lipinski definition) is 10. The molecule has 1 heterocycles. The van der Waals surface area contributed by atoms with E-state index in [-0.39, 0.29) is 41.8 Å². The van der Waals surface area contributed by atoms with E-state index in [1.165, 1.54) is 39.5 Å². The predicted octanol–water partition coefficient (Wildman–Crippen LogP) is 3.14. The maximum atomic E-state index is 10.9. The zero-order valence-corrected chi connectivity index (χ0v) is 22.7. The number of rotatable bonds is 12. The normalized spacial score (nSPS) is 20.1. The first-order chi connectivity index (χ1) is 19.3. The second kappa shape index (κ2) is 13.1. The standard InChI is InChI=1S/C30H36O10/c1-36-25-12-18(5-7-22(25)33)29(35)28(15-32)40-24-9-4-17(11-27(24)38-3)10-20-16-39-30(21(20)14-31)19-6-8-23(34)26(13-19)37-2/h4-9,11-13,20-21,28-35H,10,14-16H2,1-3H3/t20-,21+,28-,29+,30-/m1/s1. The van der Waals surface area contributed by atoms with Crippen LogP contribution in [0, 0.1) is 11.8 Å². The van der Waals surface area contributed by atoms with Gasteiger partial charge in [-0.1, -0.05) is 18.2 Å². The molecule has 10 nitrogen and oxygen atoms in total. The van der Waals surface area contributed by atoms with Gasteiger partial charge in [0.2, 0.25) is 0 Å². The third kappa shape index (κ3) is 6.20. The number of phenols is 2. The van der Waals surface area contributed by atoms with Crippen molar-refractivity contribution >= 4 is 0 Å². The van der Waals surface area contributed by atoms with E-state index < -0.39 is 18.8 Å². The summed E-state index contributed by atoms with van der Waals surface area (Å²) in [5, 5.41) is 50.8. The molecular formula is C30H36O10. The fraction of sp³-hybridized carbons (Fsp3) is 0.400. The minimum Gasteiger partial charge on any atom is -0.504 e. The molecule has 4 rings (SSSR count). The molecule has 0 aliphatic carbocycles. The molecular weight excluding hydrogens is 520 g/mol. The van der Waals surface area contributed by atoms with Gasteiger partial charge >= 0.3 is 0 Å². The largest absolute Gasteiger partial charge is 0.504 e. The zero-order chi connectivity index (χ0) is 28.8. The van der Waals surface area contributed by atoms with Crippen LogP contribution in [0.3, 0.4) is 0 Å². The van der Waals surface area contributed by atoms with Gasteiger partial charge < -0.3 is 49.2 Å². The molecule has 0 aromatic heterocycles. The lowest BCUT2D eigenvalue weighted by atomic mass is 9.84. The van der Waals surface area contributed by atoms with Crippen LogP contribution in [0.15, 0.2) is 54.6 Å². The Kier molecular flexibility index (Phi) is 9.59. The highest BCUT2D eigenvalue weighted by molar-refractivity contribution is 5.45. The van der Waals surface area contributed by atoms with Crippen LogP contribution in [-0.2, 0) is 11.2 Å². The molecule has 5 N–H and O–H groups in total. The Morgan fingerprint density at radius 3 is 2.15 bits per heavy atom. The molecule has 3 aromatic rings. The van der Waals surface area contributed by atoms with Crippen molar-refractivity contribution in [2.75, 3.05) is 41.2 Å². The van der Waals surface area contributed by atoms with Gasteiger partial charge in [0.1, 0.15) is 6.10 Å². The lowest BCUT2D eigenvalue weighted by molar-refractivity contribution is -0.000527. The highest BCUT2D eigenvalue weighted by Crippen LogP contribution is 2.42.